The van der Waals surface area contributed by atoms with Crippen LogP contribution in [0, 0.1) is 13.8 Å². The Labute approximate surface area is 158 Å². The Morgan fingerprint density at radius 1 is 1.00 bits per heavy atom. The van der Waals surface area contributed by atoms with Crippen molar-refractivity contribution in [2.45, 2.75) is 26.9 Å². The molecule has 0 aliphatic rings. The van der Waals surface area contributed by atoms with Gasteiger partial charge in [0.1, 0.15) is 5.75 Å². The maximum absolute atomic E-state index is 12.1. The van der Waals surface area contributed by atoms with Gasteiger partial charge in [0.2, 0.25) is 0 Å². The highest BCUT2D eigenvalue weighted by molar-refractivity contribution is 5.85. The van der Waals surface area contributed by atoms with Crippen LogP contribution in [0.5, 0.6) is 17.2 Å². The van der Waals surface area contributed by atoms with Gasteiger partial charge in [-0.3, -0.25) is 20.4 Å². The molecule has 7 nitrogen and oxygen atoms in total. The highest BCUT2D eigenvalue weighted by atomic mass is 16.5. The third-order valence-electron chi connectivity index (χ3n) is 3.63. The van der Waals surface area contributed by atoms with Gasteiger partial charge in [-0.25, -0.2) is 0 Å². The van der Waals surface area contributed by atoms with Crippen LogP contribution in [0.15, 0.2) is 42.5 Å². The molecule has 2 aromatic rings. The zero-order valence-corrected chi connectivity index (χ0v) is 15.9. The van der Waals surface area contributed by atoms with Crippen LogP contribution < -0.4 is 25.1 Å². The molecule has 1 atom stereocenters. The first kappa shape index (κ1) is 20.1. The summed E-state index contributed by atoms with van der Waals surface area (Å²) >= 11 is 0. The number of hydrogen-bond donors (Lipinski definition) is 2. The van der Waals surface area contributed by atoms with Gasteiger partial charge < -0.3 is 14.2 Å². The summed E-state index contributed by atoms with van der Waals surface area (Å²) in [5, 5.41) is 0. The van der Waals surface area contributed by atoms with Crippen molar-refractivity contribution >= 4 is 11.8 Å². The van der Waals surface area contributed by atoms with Crippen molar-refractivity contribution in [1.82, 2.24) is 10.9 Å². The van der Waals surface area contributed by atoms with Crippen LogP contribution in [-0.4, -0.2) is 31.6 Å². The molecule has 7 heteroatoms. The summed E-state index contributed by atoms with van der Waals surface area (Å²) in [7, 11) is 1.52. The second-order valence-electron chi connectivity index (χ2n) is 6.06. The SMILES string of the molecule is COc1ccccc1OC(C)C(=O)NNC(=O)COc1cc(C)cc(C)c1. The van der Waals surface area contributed by atoms with Crippen molar-refractivity contribution in [3.05, 3.63) is 53.6 Å². The summed E-state index contributed by atoms with van der Waals surface area (Å²) in [4.78, 5) is 23.9. The van der Waals surface area contributed by atoms with Gasteiger partial charge in [0.25, 0.3) is 11.8 Å². The Hall–Kier alpha value is -3.22. The van der Waals surface area contributed by atoms with E-state index in [9.17, 15) is 9.59 Å². The van der Waals surface area contributed by atoms with Gasteiger partial charge in [-0.15, -0.1) is 0 Å². The molecule has 2 aromatic carbocycles. The van der Waals surface area contributed by atoms with Crippen LogP contribution in [0.25, 0.3) is 0 Å². The Bertz CT molecular complexity index is 786. The van der Waals surface area contributed by atoms with Crippen molar-refractivity contribution in [3.63, 3.8) is 0 Å². The second kappa shape index (κ2) is 9.47. The number of benzene rings is 2. The molecule has 0 saturated heterocycles. The number of amides is 2. The molecule has 144 valence electrons. The van der Waals surface area contributed by atoms with Gasteiger partial charge in [0.15, 0.2) is 24.2 Å². The summed E-state index contributed by atoms with van der Waals surface area (Å²) < 4.78 is 16.2. The maximum Gasteiger partial charge on any atom is 0.279 e. The predicted molar refractivity (Wildman–Crippen MR) is 101 cm³/mol. The molecule has 1 unspecified atom stereocenters. The number of hydrogen-bond acceptors (Lipinski definition) is 5. The molecule has 0 aliphatic carbocycles. The first-order valence-corrected chi connectivity index (χ1v) is 8.48. The van der Waals surface area contributed by atoms with Crippen LogP contribution in [0.1, 0.15) is 18.1 Å². The number of carbonyl (C=O) groups is 2. The number of para-hydroxylation sites is 2. The molecule has 0 saturated carbocycles. The first-order chi connectivity index (χ1) is 12.9. The molecule has 0 aromatic heterocycles. The molecule has 0 aliphatic heterocycles. The van der Waals surface area contributed by atoms with Gasteiger partial charge in [-0.1, -0.05) is 18.2 Å². The summed E-state index contributed by atoms with van der Waals surface area (Å²) in [5.41, 5.74) is 6.70. The predicted octanol–water partition coefficient (Wildman–Crippen LogP) is 2.31. The molecule has 0 spiro atoms. The van der Waals surface area contributed by atoms with E-state index in [1.807, 2.05) is 32.0 Å². The third kappa shape index (κ3) is 6.22. The lowest BCUT2D eigenvalue weighted by Gasteiger charge is -2.17. The minimum Gasteiger partial charge on any atom is -0.493 e. The number of carbonyl (C=O) groups excluding carboxylic acids is 2. The molecule has 0 bridgehead atoms. The number of nitrogens with one attached hydrogen (secondary N) is 2. The van der Waals surface area contributed by atoms with E-state index in [0.717, 1.165) is 11.1 Å². The summed E-state index contributed by atoms with van der Waals surface area (Å²) in [5.74, 6) is 0.574. The summed E-state index contributed by atoms with van der Waals surface area (Å²) in [6, 6.07) is 12.7. The zero-order valence-electron chi connectivity index (χ0n) is 15.9. The topological polar surface area (TPSA) is 85.9 Å². The second-order valence-corrected chi connectivity index (χ2v) is 6.06. The monoisotopic (exact) mass is 372 g/mol. The van der Waals surface area contributed by atoms with E-state index in [4.69, 9.17) is 14.2 Å². The molecule has 2 amide bonds. The average Bonchev–Trinajstić information content (AvgIpc) is 2.64. The summed E-state index contributed by atoms with van der Waals surface area (Å²) in [6.45, 7) is 5.25. The number of methoxy groups -OCH3 is 1. The van der Waals surface area contributed by atoms with Gasteiger partial charge in [0.05, 0.1) is 7.11 Å². The van der Waals surface area contributed by atoms with E-state index in [-0.39, 0.29) is 6.61 Å². The fourth-order valence-electron chi connectivity index (χ4n) is 2.39. The van der Waals surface area contributed by atoms with E-state index in [2.05, 4.69) is 10.9 Å². The Balaban J connectivity index is 1.79. The lowest BCUT2D eigenvalue weighted by Crippen LogP contribution is -2.48. The fraction of sp³-hybridized carbons (Fsp3) is 0.300. The number of hydrazine groups is 1. The number of aryl methyl sites for hydroxylation is 2. The maximum atomic E-state index is 12.1. The van der Waals surface area contributed by atoms with Gasteiger partial charge in [0, 0.05) is 0 Å². The molecule has 0 heterocycles. The Morgan fingerprint density at radius 2 is 1.63 bits per heavy atom. The van der Waals surface area contributed by atoms with Crippen LogP contribution in [-0.2, 0) is 9.59 Å². The van der Waals surface area contributed by atoms with Crippen LogP contribution in [0.2, 0.25) is 0 Å². The lowest BCUT2D eigenvalue weighted by molar-refractivity contribution is -0.133. The normalized spacial score (nSPS) is 11.3. The standard InChI is InChI=1S/C20H24N2O5/c1-13-9-14(2)11-16(10-13)26-12-19(23)21-22-20(24)15(3)27-18-8-6-5-7-17(18)25-4/h5-11,15H,12H2,1-4H3,(H,21,23)(H,22,24). The van der Waals surface area contributed by atoms with E-state index in [1.54, 1.807) is 31.2 Å². The van der Waals surface area contributed by atoms with E-state index in [0.29, 0.717) is 17.2 Å². The molecular weight excluding hydrogens is 348 g/mol. The van der Waals surface area contributed by atoms with Gasteiger partial charge in [-0.05, 0) is 56.2 Å². The molecular formula is C20H24N2O5. The quantitative estimate of drug-likeness (QED) is 0.729. The molecule has 0 radical (unpaired) electrons. The third-order valence-corrected chi connectivity index (χ3v) is 3.63. The molecule has 2 rings (SSSR count). The molecule has 27 heavy (non-hydrogen) atoms. The lowest BCUT2D eigenvalue weighted by atomic mass is 10.1. The highest BCUT2D eigenvalue weighted by Gasteiger charge is 2.17. The molecule has 0 fully saturated rings. The average molecular weight is 372 g/mol. The van der Waals surface area contributed by atoms with Crippen LogP contribution in [0.4, 0.5) is 0 Å². The van der Waals surface area contributed by atoms with E-state index < -0.39 is 17.9 Å². The smallest absolute Gasteiger partial charge is 0.279 e. The number of ether oxygens (including phenoxy) is 3. The van der Waals surface area contributed by atoms with Gasteiger partial charge >= 0.3 is 0 Å². The van der Waals surface area contributed by atoms with E-state index in [1.165, 1.54) is 7.11 Å². The minimum atomic E-state index is -0.832. The van der Waals surface area contributed by atoms with Gasteiger partial charge in [-0.2, -0.15) is 0 Å². The summed E-state index contributed by atoms with van der Waals surface area (Å²) in [6.07, 6.45) is -0.832. The van der Waals surface area contributed by atoms with E-state index >= 15 is 0 Å². The van der Waals surface area contributed by atoms with Crippen molar-refractivity contribution in [1.29, 1.82) is 0 Å². The van der Waals surface area contributed by atoms with Crippen LogP contribution in [0.3, 0.4) is 0 Å². The zero-order chi connectivity index (χ0) is 19.8. The Morgan fingerprint density at radius 3 is 2.26 bits per heavy atom. The van der Waals surface area contributed by atoms with Crippen molar-refractivity contribution in [2.75, 3.05) is 13.7 Å². The fourth-order valence-corrected chi connectivity index (χ4v) is 2.39. The Kier molecular flexibility index (Phi) is 7.05. The van der Waals surface area contributed by atoms with Crippen LogP contribution >= 0.6 is 0 Å². The highest BCUT2D eigenvalue weighted by Crippen LogP contribution is 2.26. The molecule has 2 N–H and O–H groups in total. The van der Waals surface area contributed by atoms with Crippen molar-refractivity contribution in [3.8, 4) is 17.2 Å². The van der Waals surface area contributed by atoms with Crippen molar-refractivity contribution in [2.24, 2.45) is 0 Å². The number of rotatable bonds is 7. The largest absolute Gasteiger partial charge is 0.493 e. The minimum absolute atomic E-state index is 0.217. The van der Waals surface area contributed by atoms with Crippen molar-refractivity contribution < 1.29 is 23.8 Å². The first-order valence-electron chi connectivity index (χ1n) is 8.48.